The Morgan fingerprint density at radius 2 is 2.00 bits per heavy atom. The fraction of sp³-hybridized carbons (Fsp3) is 0.400. The van der Waals surface area contributed by atoms with E-state index in [9.17, 15) is 4.79 Å². The zero-order chi connectivity index (χ0) is 12.7. The van der Waals surface area contributed by atoms with Crippen LogP contribution in [-0.4, -0.2) is 5.97 Å². The first-order valence-corrected chi connectivity index (χ1v) is 6.09. The van der Waals surface area contributed by atoms with E-state index in [-0.39, 0.29) is 5.97 Å². The molecule has 0 fully saturated rings. The van der Waals surface area contributed by atoms with Gasteiger partial charge < -0.3 is 4.74 Å². The van der Waals surface area contributed by atoms with Gasteiger partial charge in [-0.3, -0.25) is 4.79 Å². The van der Waals surface area contributed by atoms with Crippen LogP contribution in [0.3, 0.4) is 0 Å². The first kappa shape index (κ1) is 13.5. The van der Waals surface area contributed by atoms with Crippen molar-refractivity contribution in [3.05, 3.63) is 42.0 Å². The number of carbonyl (C=O) groups is 1. The summed E-state index contributed by atoms with van der Waals surface area (Å²) in [6.45, 7) is 6.21. The molecule has 1 aromatic carbocycles. The van der Waals surface area contributed by atoms with Gasteiger partial charge in [-0.05, 0) is 24.0 Å². The molecule has 0 heterocycles. The molecule has 0 aromatic heterocycles. The number of carbonyl (C=O) groups excluding carboxylic acids is 1. The molecule has 0 atom stereocenters. The Balaban J connectivity index is 2.68. The van der Waals surface area contributed by atoms with Crippen LogP contribution in [0, 0.1) is 0 Å². The zero-order valence-corrected chi connectivity index (χ0v) is 10.8. The Kier molecular flexibility index (Phi) is 5.47. The van der Waals surface area contributed by atoms with Crippen molar-refractivity contribution in [1.82, 2.24) is 0 Å². The Morgan fingerprint density at radius 1 is 1.29 bits per heavy atom. The molecule has 0 bridgehead atoms. The number of benzene rings is 1. The van der Waals surface area contributed by atoms with Crippen LogP contribution in [0.15, 0.2) is 36.4 Å². The summed E-state index contributed by atoms with van der Waals surface area (Å²) in [4.78, 5) is 11.6. The number of hydrogen-bond acceptors (Lipinski definition) is 2. The predicted molar refractivity (Wildman–Crippen MR) is 70.2 cm³/mol. The molecule has 0 saturated carbocycles. The van der Waals surface area contributed by atoms with E-state index in [1.54, 1.807) is 0 Å². The first-order valence-electron chi connectivity index (χ1n) is 6.09. The van der Waals surface area contributed by atoms with Crippen LogP contribution < -0.4 is 4.74 Å². The summed E-state index contributed by atoms with van der Waals surface area (Å²) < 4.78 is 5.36. The standard InChI is InChI=1S/C15H20O2/c1-4-5-6-11-15(16)17-14-10-8-7-9-13(14)12(2)3/h5-10,12H,4,11H2,1-3H3. The second-order valence-corrected chi connectivity index (χ2v) is 4.25. The first-order chi connectivity index (χ1) is 8.15. The number of esters is 1. The minimum Gasteiger partial charge on any atom is -0.426 e. The number of rotatable bonds is 5. The van der Waals surface area contributed by atoms with E-state index < -0.39 is 0 Å². The molecule has 0 unspecified atom stereocenters. The second kappa shape index (κ2) is 6.89. The minimum atomic E-state index is -0.206. The summed E-state index contributed by atoms with van der Waals surface area (Å²) in [5.41, 5.74) is 1.07. The Labute approximate surface area is 103 Å². The van der Waals surface area contributed by atoms with E-state index in [2.05, 4.69) is 13.8 Å². The van der Waals surface area contributed by atoms with Gasteiger partial charge in [0.15, 0.2) is 0 Å². The summed E-state index contributed by atoms with van der Waals surface area (Å²) in [6, 6.07) is 7.69. The monoisotopic (exact) mass is 232 g/mol. The molecule has 2 heteroatoms. The van der Waals surface area contributed by atoms with Gasteiger partial charge in [-0.2, -0.15) is 0 Å². The molecule has 0 aliphatic heterocycles. The maximum Gasteiger partial charge on any atom is 0.315 e. The van der Waals surface area contributed by atoms with Crippen LogP contribution in [-0.2, 0) is 4.79 Å². The molecule has 0 spiro atoms. The largest absolute Gasteiger partial charge is 0.426 e. The minimum absolute atomic E-state index is 0.206. The molecular weight excluding hydrogens is 212 g/mol. The summed E-state index contributed by atoms with van der Waals surface area (Å²) in [5, 5.41) is 0. The van der Waals surface area contributed by atoms with Crippen molar-refractivity contribution in [2.24, 2.45) is 0 Å². The third-order valence-electron chi connectivity index (χ3n) is 2.45. The van der Waals surface area contributed by atoms with Gasteiger partial charge in [0.1, 0.15) is 5.75 Å². The maximum absolute atomic E-state index is 11.6. The van der Waals surface area contributed by atoms with Gasteiger partial charge in [0.25, 0.3) is 0 Å². The summed E-state index contributed by atoms with van der Waals surface area (Å²) in [7, 11) is 0. The Morgan fingerprint density at radius 3 is 2.65 bits per heavy atom. The summed E-state index contributed by atoms with van der Waals surface area (Å²) in [6.07, 6.45) is 5.09. The lowest BCUT2D eigenvalue weighted by Crippen LogP contribution is -2.08. The normalized spacial score (nSPS) is 11.1. The fourth-order valence-electron chi connectivity index (χ4n) is 1.56. The molecule has 1 rings (SSSR count). The van der Waals surface area contributed by atoms with Crippen molar-refractivity contribution in [2.75, 3.05) is 0 Å². The van der Waals surface area contributed by atoms with E-state index in [0.29, 0.717) is 18.1 Å². The highest BCUT2D eigenvalue weighted by Crippen LogP contribution is 2.26. The molecule has 0 aliphatic carbocycles. The highest BCUT2D eigenvalue weighted by atomic mass is 16.5. The zero-order valence-electron chi connectivity index (χ0n) is 10.8. The third-order valence-corrected chi connectivity index (χ3v) is 2.45. The summed E-state index contributed by atoms with van der Waals surface area (Å²) >= 11 is 0. The van der Waals surface area contributed by atoms with Gasteiger partial charge in [0.05, 0.1) is 6.42 Å². The molecule has 0 amide bonds. The van der Waals surface area contributed by atoms with Gasteiger partial charge in [0.2, 0.25) is 0 Å². The molecule has 17 heavy (non-hydrogen) atoms. The van der Waals surface area contributed by atoms with Crippen LogP contribution in [0.1, 0.15) is 45.1 Å². The molecule has 1 aromatic rings. The van der Waals surface area contributed by atoms with Crippen LogP contribution in [0.4, 0.5) is 0 Å². The molecule has 0 saturated heterocycles. The van der Waals surface area contributed by atoms with Gasteiger partial charge in [-0.1, -0.05) is 51.1 Å². The van der Waals surface area contributed by atoms with Crippen molar-refractivity contribution in [3.63, 3.8) is 0 Å². The molecule has 0 radical (unpaired) electrons. The number of allylic oxidation sites excluding steroid dienone is 1. The maximum atomic E-state index is 11.6. The SMILES string of the molecule is CCC=CCC(=O)Oc1ccccc1C(C)C. The molecule has 2 nitrogen and oxygen atoms in total. The van der Waals surface area contributed by atoms with Gasteiger partial charge >= 0.3 is 5.97 Å². The van der Waals surface area contributed by atoms with E-state index in [4.69, 9.17) is 4.74 Å². The lowest BCUT2D eigenvalue weighted by Gasteiger charge is -2.11. The van der Waals surface area contributed by atoms with Crippen molar-refractivity contribution < 1.29 is 9.53 Å². The lowest BCUT2D eigenvalue weighted by molar-refractivity contribution is -0.133. The van der Waals surface area contributed by atoms with E-state index in [1.165, 1.54) is 0 Å². The summed E-state index contributed by atoms with van der Waals surface area (Å²) in [5.74, 6) is 0.824. The van der Waals surface area contributed by atoms with Crippen LogP contribution in [0.2, 0.25) is 0 Å². The average molecular weight is 232 g/mol. The number of para-hydroxylation sites is 1. The Bertz CT molecular complexity index is 392. The van der Waals surface area contributed by atoms with Crippen LogP contribution >= 0.6 is 0 Å². The predicted octanol–water partition coefficient (Wildman–Crippen LogP) is 4.07. The third kappa shape index (κ3) is 4.43. The lowest BCUT2D eigenvalue weighted by atomic mass is 10.0. The number of hydrogen-bond donors (Lipinski definition) is 0. The van der Waals surface area contributed by atoms with Gasteiger partial charge in [-0.25, -0.2) is 0 Å². The van der Waals surface area contributed by atoms with E-state index in [0.717, 1.165) is 12.0 Å². The highest BCUT2D eigenvalue weighted by Gasteiger charge is 2.09. The molecule has 0 aliphatic rings. The highest BCUT2D eigenvalue weighted by molar-refractivity contribution is 5.74. The van der Waals surface area contributed by atoms with Crippen LogP contribution in [0.25, 0.3) is 0 Å². The van der Waals surface area contributed by atoms with Crippen molar-refractivity contribution >= 4 is 5.97 Å². The van der Waals surface area contributed by atoms with Crippen LogP contribution in [0.5, 0.6) is 5.75 Å². The second-order valence-electron chi connectivity index (χ2n) is 4.25. The van der Waals surface area contributed by atoms with E-state index >= 15 is 0 Å². The average Bonchev–Trinajstić information content (AvgIpc) is 2.29. The molecule has 0 N–H and O–H groups in total. The van der Waals surface area contributed by atoms with Gasteiger partial charge in [0, 0.05) is 0 Å². The van der Waals surface area contributed by atoms with E-state index in [1.807, 2.05) is 43.3 Å². The fourth-order valence-corrected chi connectivity index (χ4v) is 1.56. The van der Waals surface area contributed by atoms with Crippen molar-refractivity contribution in [1.29, 1.82) is 0 Å². The smallest absolute Gasteiger partial charge is 0.315 e. The number of ether oxygens (including phenoxy) is 1. The topological polar surface area (TPSA) is 26.3 Å². The van der Waals surface area contributed by atoms with Crippen molar-refractivity contribution in [2.45, 2.75) is 39.5 Å². The quantitative estimate of drug-likeness (QED) is 0.434. The van der Waals surface area contributed by atoms with Gasteiger partial charge in [-0.15, -0.1) is 0 Å². The molecule has 92 valence electrons. The van der Waals surface area contributed by atoms with Crippen molar-refractivity contribution in [3.8, 4) is 5.75 Å². The molecular formula is C15H20O2. The Hall–Kier alpha value is -1.57.